The van der Waals surface area contributed by atoms with E-state index in [0.717, 1.165) is 59.1 Å². The van der Waals surface area contributed by atoms with Crippen molar-refractivity contribution in [2.45, 2.75) is 26.3 Å². The van der Waals surface area contributed by atoms with Crippen LogP contribution in [0.2, 0.25) is 5.02 Å². The third-order valence-electron chi connectivity index (χ3n) is 6.89. The van der Waals surface area contributed by atoms with E-state index in [-0.39, 0.29) is 29.7 Å². The molecule has 2 aliphatic rings. The smallest absolute Gasteiger partial charge is 0.293 e. The van der Waals surface area contributed by atoms with Gasteiger partial charge in [0.25, 0.3) is 11.1 Å². The van der Waals surface area contributed by atoms with E-state index in [1.807, 2.05) is 39.9 Å². The summed E-state index contributed by atoms with van der Waals surface area (Å²) in [6.45, 7) is 3.62. The van der Waals surface area contributed by atoms with Gasteiger partial charge in [-0.25, -0.2) is 0 Å². The number of benzene rings is 2. The van der Waals surface area contributed by atoms with Crippen LogP contribution in [0.1, 0.15) is 35.7 Å². The number of Topliss-reactive ketones (excluding diaryl/α,β-unsaturated/α-hetero) is 1. The maximum Gasteiger partial charge on any atom is 0.293 e. The van der Waals surface area contributed by atoms with Crippen LogP contribution in [0.15, 0.2) is 59.6 Å². The van der Waals surface area contributed by atoms with Gasteiger partial charge >= 0.3 is 0 Å². The zero-order valence-electron chi connectivity index (χ0n) is 20.4. The van der Waals surface area contributed by atoms with Gasteiger partial charge < -0.3 is 9.47 Å². The summed E-state index contributed by atoms with van der Waals surface area (Å²) >= 11 is 6.69. The van der Waals surface area contributed by atoms with Crippen LogP contribution >= 0.6 is 23.4 Å². The van der Waals surface area contributed by atoms with Gasteiger partial charge in [0.05, 0.1) is 11.4 Å². The van der Waals surface area contributed by atoms with Gasteiger partial charge in [-0.15, -0.1) is 0 Å². The second-order valence-corrected chi connectivity index (χ2v) is 10.9. The number of imide groups is 1. The largest absolute Gasteiger partial charge is 0.341 e. The van der Waals surface area contributed by atoms with Crippen molar-refractivity contribution < 1.29 is 19.2 Å². The van der Waals surface area contributed by atoms with Crippen LogP contribution in [0.4, 0.5) is 4.79 Å². The molecule has 0 radical (unpaired) electrons. The Kier molecular flexibility index (Phi) is 7.22. The first-order chi connectivity index (χ1) is 17.8. The standard InChI is InChI=1S/C28H26ClN3O4S/c1-18-10-12-30(13-11-18)26(34)17-31-15-20(22-4-2-3-5-23(22)31)14-25-27(35)32(28(36)37-25)16-24(33)19-6-8-21(29)9-7-19/h2-9,14-15,18H,10-13,16-17H2,1H3/b25-14-. The number of hydrogen-bond donors (Lipinski definition) is 0. The number of rotatable bonds is 6. The van der Waals surface area contributed by atoms with Crippen LogP contribution in [0, 0.1) is 5.92 Å². The lowest BCUT2D eigenvalue weighted by Gasteiger charge is -2.30. The Balaban J connectivity index is 1.36. The topological polar surface area (TPSA) is 79.7 Å². The number of aromatic nitrogens is 1. The van der Waals surface area contributed by atoms with Crippen LogP contribution in [-0.4, -0.2) is 56.8 Å². The number of thioether (sulfide) groups is 1. The third kappa shape index (κ3) is 5.36. The first-order valence-corrected chi connectivity index (χ1v) is 13.4. The number of halogens is 1. The molecule has 3 aromatic rings. The number of carbonyl (C=O) groups excluding carboxylic acids is 4. The van der Waals surface area contributed by atoms with Gasteiger partial charge in [0, 0.05) is 46.3 Å². The fourth-order valence-corrected chi connectivity index (χ4v) is 5.63. The Morgan fingerprint density at radius 2 is 1.73 bits per heavy atom. The lowest BCUT2D eigenvalue weighted by atomic mass is 9.99. The monoisotopic (exact) mass is 535 g/mol. The number of para-hydroxylation sites is 1. The highest BCUT2D eigenvalue weighted by Gasteiger charge is 2.36. The summed E-state index contributed by atoms with van der Waals surface area (Å²) in [6, 6.07) is 14.0. The van der Waals surface area contributed by atoms with E-state index in [2.05, 4.69) is 6.92 Å². The summed E-state index contributed by atoms with van der Waals surface area (Å²) in [5.41, 5.74) is 2.00. The number of piperidine rings is 1. The fraction of sp³-hybridized carbons (Fsp3) is 0.286. The molecule has 0 saturated carbocycles. The first kappa shape index (κ1) is 25.3. The molecule has 3 amide bonds. The number of carbonyl (C=O) groups is 4. The van der Waals surface area contributed by atoms with E-state index in [0.29, 0.717) is 16.5 Å². The SMILES string of the molecule is CC1CCN(C(=O)Cn2cc(/C=C3\SC(=O)N(CC(=O)c4ccc(Cl)cc4)C3=O)c3ccccc32)CC1. The van der Waals surface area contributed by atoms with Crippen molar-refractivity contribution in [3.8, 4) is 0 Å². The third-order valence-corrected chi connectivity index (χ3v) is 8.05. The minimum absolute atomic E-state index is 0.0697. The second-order valence-electron chi connectivity index (χ2n) is 9.49. The van der Waals surface area contributed by atoms with Gasteiger partial charge in [-0.1, -0.05) is 36.7 Å². The molecule has 2 aromatic carbocycles. The van der Waals surface area contributed by atoms with E-state index in [9.17, 15) is 19.2 Å². The molecule has 2 saturated heterocycles. The molecular weight excluding hydrogens is 510 g/mol. The number of amides is 3. The quantitative estimate of drug-likeness (QED) is 0.309. The van der Waals surface area contributed by atoms with Gasteiger partial charge in [-0.3, -0.25) is 24.1 Å². The molecule has 7 nitrogen and oxygen atoms in total. The number of nitrogens with zero attached hydrogens (tertiary/aromatic N) is 3. The highest BCUT2D eigenvalue weighted by molar-refractivity contribution is 8.18. The maximum absolute atomic E-state index is 13.1. The normalized spacial score (nSPS) is 17.8. The molecule has 2 aliphatic heterocycles. The second kappa shape index (κ2) is 10.6. The Labute approximate surface area is 224 Å². The highest BCUT2D eigenvalue weighted by Crippen LogP contribution is 2.34. The minimum Gasteiger partial charge on any atom is -0.341 e. The van der Waals surface area contributed by atoms with Crippen LogP contribution < -0.4 is 0 Å². The van der Waals surface area contributed by atoms with Crippen LogP contribution in [-0.2, 0) is 16.1 Å². The predicted molar refractivity (Wildman–Crippen MR) is 145 cm³/mol. The van der Waals surface area contributed by atoms with Gasteiger partial charge in [0.2, 0.25) is 5.91 Å². The van der Waals surface area contributed by atoms with E-state index in [4.69, 9.17) is 11.6 Å². The highest BCUT2D eigenvalue weighted by atomic mass is 35.5. The zero-order chi connectivity index (χ0) is 26.1. The zero-order valence-corrected chi connectivity index (χ0v) is 21.9. The molecule has 0 aliphatic carbocycles. The number of likely N-dealkylation sites (tertiary alicyclic amines) is 1. The summed E-state index contributed by atoms with van der Waals surface area (Å²) in [5.74, 6) is -0.143. The molecule has 3 heterocycles. The molecule has 0 atom stereocenters. The molecule has 0 N–H and O–H groups in total. The first-order valence-electron chi connectivity index (χ1n) is 12.2. The number of hydrogen-bond acceptors (Lipinski definition) is 5. The molecule has 37 heavy (non-hydrogen) atoms. The van der Waals surface area contributed by atoms with Crippen molar-refractivity contribution in [2.24, 2.45) is 5.92 Å². The van der Waals surface area contributed by atoms with Crippen molar-refractivity contribution >= 4 is 63.2 Å². The number of ketones is 1. The van der Waals surface area contributed by atoms with Crippen molar-refractivity contribution in [1.29, 1.82) is 0 Å². The van der Waals surface area contributed by atoms with Crippen LogP contribution in [0.25, 0.3) is 17.0 Å². The Bertz CT molecular complexity index is 1420. The summed E-state index contributed by atoms with van der Waals surface area (Å²) in [5, 5.41) is 0.889. The summed E-state index contributed by atoms with van der Waals surface area (Å²) in [6.07, 6.45) is 5.55. The average molecular weight is 536 g/mol. The Hall–Kier alpha value is -3.36. The lowest BCUT2D eigenvalue weighted by molar-refractivity contribution is -0.133. The molecule has 2 fully saturated rings. The molecule has 0 bridgehead atoms. The van der Waals surface area contributed by atoms with E-state index < -0.39 is 11.1 Å². The van der Waals surface area contributed by atoms with Gasteiger partial charge in [0.1, 0.15) is 6.54 Å². The van der Waals surface area contributed by atoms with Gasteiger partial charge in [-0.2, -0.15) is 0 Å². The Morgan fingerprint density at radius 3 is 2.46 bits per heavy atom. The summed E-state index contributed by atoms with van der Waals surface area (Å²) in [7, 11) is 0. The Morgan fingerprint density at radius 1 is 1.03 bits per heavy atom. The molecule has 5 rings (SSSR count). The van der Waals surface area contributed by atoms with Crippen molar-refractivity contribution in [3.63, 3.8) is 0 Å². The molecule has 0 spiro atoms. The van der Waals surface area contributed by atoms with Crippen LogP contribution in [0.5, 0.6) is 0 Å². The van der Waals surface area contributed by atoms with E-state index in [1.54, 1.807) is 30.3 Å². The molecule has 0 unspecified atom stereocenters. The number of fused-ring (bicyclic) bond motifs is 1. The predicted octanol–water partition coefficient (Wildman–Crippen LogP) is 5.47. The molecule has 1 aromatic heterocycles. The minimum atomic E-state index is -0.507. The summed E-state index contributed by atoms with van der Waals surface area (Å²) in [4.78, 5) is 54.4. The molecule has 9 heteroatoms. The van der Waals surface area contributed by atoms with Gasteiger partial charge in [-0.05, 0) is 66.9 Å². The van der Waals surface area contributed by atoms with Gasteiger partial charge in [0.15, 0.2) is 5.78 Å². The molecule has 190 valence electrons. The van der Waals surface area contributed by atoms with E-state index >= 15 is 0 Å². The summed E-state index contributed by atoms with van der Waals surface area (Å²) < 4.78 is 1.90. The maximum atomic E-state index is 13.1. The van der Waals surface area contributed by atoms with Crippen molar-refractivity contribution in [1.82, 2.24) is 14.4 Å². The van der Waals surface area contributed by atoms with Crippen molar-refractivity contribution in [2.75, 3.05) is 19.6 Å². The average Bonchev–Trinajstić information content (AvgIpc) is 3.36. The molecular formula is C28H26ClN3O4S. The van der Waals surface area contributed by atoms with E-state index in [1.165, 1.54) is 0 Å². The van der Waals surface area contributed by atoms with Crippen molar-refractivity contribution in [3.05, 3.63) is 75.8 Å². The lowest BCUT2D eigenvalue weighted by Crippen LogP contribution is -2.39. The fourth-order valence-electron chi connectivity index (χ4n) is 4.67. The van der Waals surface area contributed by atoms with Crippen LogP contribution in [0.3, 0.4) is 0 Å².